The average molecular weight is 259 g/mol. The largest absolute Gasteiger partial charge is 0.419 e. The van der Waals surface area contributed by atoms with Crippen LogP contribution in [0.3, 0.4) is 0 Å². The summed E-state index contributed by atoms with van der Waals surface area (Å²) in [6, 6.07) is 7.98. The van der Waals surface area contributed by atoms with Crippen LogP contribution >= 0.6 is 0 Å². The molecule has 0 amide bonds. The SMILES string of the molecule is Cc1cccc(-c2nnc(CN3CC(C)(O)C3)o2)c1. The molecular weight excluding hydrogens is 242 g/mol. The Balaban J connectivity index is 1.70. The molecule has 1 aliphatic rings. The Kier molecular flexibility index (Phi) is 2.88. The molecule has 1 aromatic carbocycles. The van der Waals surface area contributed by atoms with Gasteiger partial charge in [0.05, 0.1) is 12.1 Å². The predicted molar refractivity (Wildman–Crippen MR) is 70.4 cm³/mol. The van der Waals surface area contributed by atoms with Crippen LogP contribution in [-0.2, 0) is 6.54 Å². The fourth-order valence-corrected chi connectivity index (χ4v) is 2.43. The second-order valence-electron chi connectivity index (χ2n) is 5.51. The summed E-state index contributed by atoms with van der Waals surface area (Å²) >= 11 is 0. The summed E-state index contributed by atoms with van der Waals surface area (Å²) in [4.78, 5) is 2.08. The van der Waals surface area contributed by atoms with Gasteiger partial charge < -0.3 is 9.52 Å². The normalized spacial score (nSPS) is 18.3. The Labute approximate surface area is 111 Å². The number of aryl methyl sites for hydroxylation is 1. The second kappa shape index (κ2) is 4.43. The number of benzene rings is 1. The number of rotatable bonds is 3. The van der Waals surface area contributed by atoms with Gasteiger partial charge in [-0.1, -0.05) is 17.7 Å². The predicted octanol–water partition coefficient (Wildman–Crippen LogP) is 1.61. The van der Waals surface area contributed by atoms with Gasteiger partial charge in [-0.15, -0.1) is 10.2 Å². The summed E-state index contributed by atoms with van der Waals surface area (Å²) in [7, 11) is 0. The van der Waals surface area contributed by atoms with E-state index in [2.05, 4.69) is 15.1 Å². The monoisotopic (exact) mass is 259 g/mol. The van der Waals surface area contributed by atoms with Crippen LogP contribution in [0.25, 0.3) is 11.5 Å². The number of likely N-dealkylation sites (tertiary alicyclic amines) is 1. The molecule has 0 aliphatic carbocycles. The highest BCUT2D eigenvalue weighted by atomic mass is 16.4. The zero-order chi connectivity index (χ0) is 13.5. The van der Waals surface area contributed by atoms with E-state index in [1.807, 2.05) is 38.1 Å². The molecule has 19 heavy (non-hydrogen) atoms. The average Bonchev–Trinajstić information content (AvgIpc) is 2.75. The van der Waals surface area contributed by atoms with Gasteiger partial charge in [0.1, 0.15) is 0 Å². The number of β-amino-alcohol motifs (C(OH)–C–C–N with tert-alkyl or cyclic N) is 1. The molecule has 3 rings (SSSR count). The number of nitrogens with zero attached hydrogens (tertiary/aromatic N) is 3. The Hall–Kier alpha value is -1.72. The van der Waals surface area contributed by atoms with Crippen LogP contribution in [0.15, 0.2) is 28.7 Å². The van der Waals surface area contributed by atoms with Gasteiger partial charge in [-0.05, 0) is 26.0 Å². The molecule has 1 N–H and O–H groups in total. The third-order valence-electron chi connectivity index (χ3n) is 3.22. The van der Waals surface area contributed by atoms with Gasteiger partial charge in [0.15, 0.2) is 0 Å². The molecule has 0 bridgehead atoms. The van der Waals surface area contributed by atoms with Crippen molar-refractivity contribution in [2.45, 2.75) is 26.0 Å². The van der Waals surface area contributed by atoms with Gasteiger partial charge in [-0.3, -0.25) is 4.90 Å². The lowest BCUT2D eigenvalue weighted by Gasteiger charge is -2.43. The van der Waals surface area contributed by atoms with Gasteiger partial charge in [0.25, 0.3) is 0 Å². The van der Waals surface area contributed by atoms with Crippen molar-refractivity contribution < 1.29 is 9.52 Å². The van der Waals surface area contributed by atoms with Crippen molar-refractivity contribution in [1.29, 1.82) is 0 Å². The molecule has 1 aliphatic heterocycles. The first-order chi connectivity index (χ1) is 9.02. The van der Waals surface area contributed by atoms with Crippen LogP contribution in [0.1, 0.15) is 18.4 Å². The third kappa shape index (κ3) is 2.67. The van der Waals surface area contributed by atoms with Crippen LogP contribution in [0.4, 0.5) is 0 Å². The summed E-state index contributed by atoms with van der Waals surface area (Å²) in [5.41, 5.74) is 1.53. The molecule has 0 saturated carbocycles. The molecule has 100 valence electrons. The van der Waals surface area contributed by atoms with Crippen molar-refractivity contribution in [2.75, 3.05) is 13.1 Å². The van der Waals surface area contributed by atoms with E-state index < -0.39 is 5.60 Å². The highest BCUT2D eigenvalue weighted by Gasteiger charge is 2.36. The van der Waals surface area contributed by atoms with Crippen LogP contribution in [0.2, 0.25) is 0 Å². The maximum atomic E-state index is 9.67. The molecule has 2 aromatic rings. The van der Waals surface area contributed by atoms with E-state index in [0.29, 0.717) is 31.4 Å². The lowest BCUT2D eigenvalue weighted by atomic mass is 9.97. The van der Waals surface area contributed by atoms with Gasteiger partial charge in [-0.2, -0.15) is 0 Å². The van der Waals surface area contributed by atoms with Crippen LogP contribution in [0.5, 0.6) is 0 Å². The van der Waals surface area contributed by atoms with E-state index >= 15 is 0 Å². The van der Waals surface area contributed by atoms with Crippen molar-refractivity contribution in [2.24, 2.45) is 0 Å². The van der Waals surface area contributed by atoms with Crippen LogP contribution in [0, 0.1) is 6.92 Å². The summed E-state index contributed by atoms with van der Waals surface area (Å²) in [5, 5.41) is 17.8. The van der Waals surface area contributed by atoms with Crippen molar-refractivity contribution in [3.05, 3.63) is 35.7 Å². The van der Waals surface area contributed by atoms with Crippen molar-refractivity contribution in [1.82, 2.24) is 15.1 Å². The fraction of sp³-hybridized carbons (Fsp3) is 0.429. The fourth-order valence-electron chi connectivity index (χ4n) is 2.43. The molecule has 1 fully saturated rings. The third-order valence-corrected chi connectivity index (χ3v) is 3.22. The van der Waals surface area contributed by atoms with Gasteiger partial charge in [0.2, 0.25) is 11.8 Å². The zero-order valence-corrected chi connectivity index (χ0v) is 11.1. The van der Waals surface area contributed by atoms with Gasteiger partial charge in [-0.25, -0.2) is 0 Å². The first-order valence-electron chi connectivity index (χ1n) is 6.36. The topological polar surface area (TPSA) is 62.4 Å². The summed E-state index contributed by atoms with van der Waals surface area (Å²) in [6.07, 6.45) is 0. The number of aromatic nitrogens is 2. The maximum Gasteiger partial charge on any atom is 0.247 e. The zero-order valence-electron chi connectivity index (χ0n) is 11.1. The molecule has 0 atom stereocenters. The molecule has 5 nitrogen and oxygen atoms in total. The molecule has 1 saturated heterocycles. The quantitative estimate of drug-likeness (QED) is 0.907. The summed E-state index contributed by atoms with van der Waals surface area (Å²) in [5.74, 6) is 1.14. The highest BCUT2D eigenvalue weighted by Crippen LogP contribution is 2.23. The van der Waals surface area contributed by atoms with E-state index in [-0.39, 0.29) is 0 Å². The summed E-state index contributed by atoms with van der Waals surface area (Å²) < 4.78 is 5.65. The lowest BCUT2D eigenvalue weighted by Crippen LogP contribution is -2.59. The van der Waals surface area contributed by atoms with Crippen molar-refractivity contribution in [3.8, 4) is 11.5 Å². The maximum absolute atomic E-state index is 9.67. The number of hydrogen-bond donors (Lipinski definition) is 1. The highest BCUT2D eigenvalue weighted by molar-refractivity contribution is 5.53. The van der Waals surface area contributed by atoms with Crippen molar-refractivity contribution in [3.63, 3.8) is 0 Å². The molecule has 5 heteroatoms. The van der Waals surface area contributed by atoms with E-state index in [0.717, 1.165) is 11.1 Å². The van der Waals surface area contributed by atoms with Crippen LogP contribution in [-0.4, -0.2) is 38.9 Å². The molecule has 0 radical (unpaired) electrons. The lowest BCUT2D eigenvalue weighted by molar-refractivity contribution is -0.0896. The Morgan fingerprint density at radius 2 is 2.16 bits per heavy atom. The summed E-state index contributed by atoms with van der Waals surface area (Å²) in [6.45, 7) is 5.75. The molecule has 0 unspecified atom stereocenters. The first-order valence-corrected chi connectivity index (χ1v) is 6.36. The number of hydrogen-bond acceptors (Lipinski definition) is 5. The van der Waals surface area contributed by atoms with E-state index in [1.54, 1.807) is 0 Å². The molecule has 1 aromatic heterocycles. The Morgan fingerprint density at radius 3 is 2.84 bits per heavy atom. The Bertz CT molecular complexity index is 584. The standard InChI is InChI=1S/C14H17N3O2/c1-10-4-3-5-11(6-10)13-16-15-12(19-13)7-17-8-14(2,18)9-17/h3-6,18H,7-9H2,1-2H3. The second-order valence-corrected chi connectivity index (χ2v) is 5.51. The first kappa shape index (κ1) is 12.3. The minimum absolute atomic E-state index is 0.547. The van der Waals surface area contributed by atoms with Gasteiger partial charge >= 0.3 is 0 Å². The number of aliphatic hydroxyl groups is 1. The van der Waals surface area contributed by atoms with E-state index in [4.69, 9.17) is 4.42 Å². The molecule has 0 spiro atoms. The van der Waals surface area contributed by atoms with E-state index in [1.165, 1.54) is 0 Å². The Morgan fingerprint density at radius 1 is 1.37 bits per heavy atom. The molecular formula is C14H17N3O2. The van der Waals surface area contributed by atoms with Crippen molar-refractivity contribution >= 4 is 0 Å². The minimum atomic E-state index is -0.570. The minimum Gasteiger partial charge on any atom is -0.419 e. The van der Waals surface area contributed by atoms with Gasteiger partial charge in [0, 0.05) is 18.7 Å². The van der Waals surface area contributed by atoms with E-state index in [9.17, 15) is 5.11 Å². The van der Waals surface area contributed by atoms with Crippen LogP contribution < -0.4 is 0 Å². The molecule has 2 heterocycles. The smallest absolute Gasteiger partial charge is 0.247 e.